The number of rotatable bonds is 3. The SMILES string of the molecule is CC1CC1C(N)Cc1nc2ccccc2n1C. The lowest BCUT2D eigenvalue weighted by atomic mass is 10.1. The lowest BCUT2D eigenvalue weighted by Crippen LogP contribution is -2.27. The van der Waals surface area contributed by atoms with E-state index in [9.17, 15) is 0 Å². The van der Waals surface area contributed by atoms with Crippen molar-refractivity contribution in [2.24, 2.45) is 24.6 Å². The van der Waals surface area contributed by atoms with Gasteiger partial charge >= 0.3 is 0 Å². The quantitative estimate of drug-likeness (QED) is 0.876. The highest BCUT2D eigenvalue weighted by Crippen LogP contribution is 2.40. The Labute approximate surface area is 102 Å². The summed E-state index contributed by atoms with van der Waals surface area (Å²) in [6.45, 7) is 2.28. The van der Waals surface area contributed by atoms with Gasteiger partial charge in [-0.05, 0) is 30.4 Å². The Kier molecular flexibility index (Phi) is 2.44. The monoisotopic (exact) mass is 229 g/mol. The van der Waals surface area contributed by atoms with E-state index in [-0.39, 0.29) is 6.04 Å². The van der Waals surface area contributed by atoms with E-state index in [1.807, 2.05) is 6.07 Å². The van der Waals surface area contributed by atoms with Crippen LogP contribution in [0, 0.1) is 11.8 Å². The average molecular weight is 229 g/mol. The molecule has 1 heterocycles. The first kappa shape index (κ1) is 10.8. The first-order valence-electron chi connectivity index (χ1n) is 6.32. The molecule has 1 aliphatic carbocycles. The molecule has 1 aliphatic rings. The van der Waals surface area contributed by atoms with E-state index in [1.165, 1.54) is 11.9 Å². The van der Waals surface area contributed by atoms with Crippen molar-refractivity contribution in [3.05, 3.63) is 30.1 Å². The molecular formula is C14H19N3. The molecule has 0 amide bonds. The number of fused-ring (bicyclic) bond motifs is 1. The van der Waals surface area contributed by atoms with E-state index in [0.29, 0.717) is 5.92 Å². The van der Waals surface area contributed by atoms with E-state index in [2.05, 4.69) is 41.7 Å². The Bertz CT molecular complexity index is 543. The number of aryl methyl sites for hydroxylation is 1. The molecule has 2 N–H and O–H groups in total. The maximum absolute atomic E-state index is 6.24. The molecule has 0 radical (unpaired) electrons. The zero-order valence-electron chi connectivity index (χ0n) is 10.4. The maximum atomic E-state index is 6.24. The average Bonchev–Trinajstić information content (AvgIpc) is 2.97. The summed E-state index contributed by atoms with van der Waals surface area (Å²) in [7, 11) is 2.08. The standard InChI is InChI=1S/C14H19N3/c1-9-7-10(9)11(15)8-14-16-12-5-3-4-6-13(12)17(14)2/h3-6,9-11H,7-8,15H2,1-2H3. The Hall–Kier alpha value is -1.35. The van der Waals surface area contributed by atoms with Crippen LogP contribution in [0.1, 0.15) is 19.2 Å². The summed E-state index contributed by atoms with van der Waals surface area (Å²) in [6.07, 6.45) is 2.17. The van der Waals surface area contributed by atoms with Crippen LogP contribution in [0.3, 0.4) is 0 Å². The molecule has 3 atom stereocenters. The summed E-state index contributed by atoms with van der Waals surface area (Å²) in [5.41, 5.74) is 8.50. The largest absolute Gasteiger partial charge is 0.331 e. The molecule has 0 saturated heterocycles. The number of nitrogens with two attached hydrogens (primary N) is 1. The third kappa shape index (κ3) is 1.84. The van der Waals surface area contributed by atoms with E-state index in [4.69, 9.17) is 5.73 Å². The third-order valence-corrected chi connectivity index (χ3v) is 4.02. The van der Waals surface area contributed by atoms with E-state index >= 15 is 0 Å². The Morgan fingerprint density at radius 3 is 2.82 bits per heavy atom. The number of hydrogen-bond acceptors (Lipinski definition) is 2. The number of nitrogens with zero attached hydrogens (tertiary/aromatic N) is 2. The van der Waals surface area contributed by atoms with Crippen molar-refractivity contribution in [2.45, 2.75) is 25.8 Å². The molecule has 2 aromatic rings. The van der Waals surface area contributed by atoms with Gasteiger partial charge in [0.15, 0.2) is 0 Å². The van der Waals surface area contributed by atoms with E-state index < -0.39 is 0 Å². The van der Waals surface area contributed by atoms with Gasteiger partial charge in [-0.25, -0.2) is 4.98 Å². The van der Waals surface area contributed by atoms with Gasteiger partial charge in [-0.3, -0.25) is 0 Å². The fraction of sp³-hybridized carbons (Fsp3) is 0.500. The summed E-state index contributed by atoms with van der Waals surface area (Å²) in [6, 6.07) is 8.51. The third-order valence-electron chi connectivity index (χ3n) is 4.02. The van der Waals surface area contributed by atoms with Gasteiger partial charge in [-0.2, -0.15) is 0 Å². The summed E-state index contributed by atoms with van der Waals surface area (Å²) in [5, 5.41) is 0. The molecule has 1 saturated carbocycles. The summed E-state index contributed by atoms with van der Waals surface area (Å²) < 4.78 is 2.17. The number of imidazole rings is 1. The van der Waals surface area contributed by atoms with Crippen LogP contribution in [0.2, 0.25) is 0 Å². The minimum Gasteiger partial charge on any atom is -0.331 e. The van der Waals surface area contributed by atoms with Crippen LogP contribution in [0.25, 0.3) is 11.0 Å². The van der Waals surface area contributed by atoms with Gasteiger partial charge in [-0.1, -0.05) is 19.1 Å². The molecule has 3 heteroatoms. The van der Waals surface area contributed by atoms with Crippen molar-refractivity contribution >= 4 is 11.0 Å². The van der Waals surface area contributed by atoms with Crippen molar-refractivity contribution < 1.29 is 0 Å². The van der Waals surface area contributed by atoms with Crippen LogP contribution >= 0.6 is 0 Å². The van der Waals surface area contributed by atoms with Crippen LogP contribution < -0.4 is 5.73 Å². The normalized spacial score (nSPS) is 25.1. The van der Waals surface area contributed by atoms with Crippen LogP contribution in [0.15, 0.2) is 24.3 Å². The van der Waals surface area contributed by atoms with Crippen molar-refractivity contribution in [1.82, 2.24) is 9.55 Å². The molecule has 17 heavy (non-hydrogen) atoms. The van der Waals surface area contributed by atoms with Gasteiger partial charge in [0.2, 0.25) is 0 Å². The number of hydrogen-bond donors (Lipinski definition) is 1. The van der Waals surface area contributed by atoms with E-state index in [0.717, 1.165) is 23.7 Å². The Morgan fingerprint density at radius 2 is 2.18 bits per heavy atom. The van der Waals surface area contributed by atoms with Gasteiger partial charge < -0.3 is 10.3 Å². The van der Waals surface area contributed by atoms with Gasteiger partial charge in [0.1, 0.15) is 5.82 Å². The van der Waals surface area contributed by atoms with Gasteiger partial charge in [-0.15, -0.1) is 0 Å². The number of benzene rings is 1. The molecule has 3 nitrogen and oxygen atoms in total. The number of para-hydroxylation sites is 2. The fourth-order valence-corrected chi connectivity index (χ4v) is 2.69. The lowest BCUT2D eigenvalue weighted by molar-refractivity contribution is 0.540. The van der Waals surface area contributed by atoms with Gasteiger partial charge in [0.05, 0.1) is 11.0 Å². The van der Waals surface area contributed by atoms with Crippen molar-refractivity contribution in [3.63, 3.8) is 0 Å². The van der Waals surface area contributed by atoms with E-state index in [1.54, 1.807) is 0 Å². The van der Waals surface area contributed by atoms with Crippen molar-refractivity contribution in [1.29, 1.82) is 0 Å². The highest BCUT2D eigenvalue weighted by Gasteiger charge is 2.37. The summed E-state index contributed by atoms with van der Waals surface area (Å²) in [4.78, 5) is 4.67. The van der Waals surface area contributed by atoms with Crippen molar-refractivity contribution in [3.8, 4) is 0 Å². The Morgan fingerprint density at radius 1 is 1.47 bits per heavy atom. The molecule has 1 aromatic carbocycles. The fourth-order valence-electron chi connectivity index (χ4n) is 2.69. The topological polar surface area (TPSA) is 43.8 Å². The molecule has 1 fully saturated rings. The molecular weight excluding hydrogens is 210 g/mol. The molecule has 90 valence electrons. The van der Waals surface area contributed by atoms with Gasteiger partial charge in [0.25, 0.3) is 0 Å². The first-order chi connectivity index (χ1) is 8.16. The van der Waals surface area contributed by atoms with Gasteiger partial charge in [0, 0.05) is 19.5 Å². The lowest BCUT2D eigenvalue weighted by Gasteiger charge is -2.10. The van der Waals surface area contributed by atoms with Crippen LogP contribution in [-0.2, 0) is 13.5 Å². The zero-order chi connectivity index (χ0) is 12.0. The van der Waals surface area contributed by atoms with Crippen LogP contribution in [0.5, 0.6) is 0 Å². The smallest absolute Gasteiger partial charge is 0.111 e. The summed E-state index contributed by atoms with van der Waals surface area (Å²) in [5.74, 6) is 2.62. The molecule has 3 unspecified atom stereocenters. The number of aromatic nitrogens is 2. The first-order valence-corrected chi connectivity index (χ1v) is 6.32. The maximum Gasteiger partial charge on any atom is 0.111 e. The van der Waals surface area contributed by atoms with Crippen LogP contribution in [0.4, 0.5) is 0 Å². The molecule has 0 bridgehead atoms. The molecule has 0 aliphatic heterocycles. The molecule has 0 spiro atoms. The predicted octanol–water partition coefficient (Wildman–Crippen LogP) is 2.10. The van der Waals surface area contributed by atoms with Crippen molar-refractivity contribution in [2.75, 3.05) is 0 Å². The zero-order valence-corrected chi connectivity index (χ0v) is 10.4. The summed E-state index contributed by atoms with van der Waals surface area (Å²) >= 11 is 0. The Balaban J connectivity index is 1.87. The highest BCUT2D eigenvalue weighted by molar-refractivity contribution is 5.75. The second-order valence-electron chi connectivity index (χ2n) is 5.32. The molecule has 3 rings (SSSR count). The minimum atomic E-state index is 0.264. The van der Waals surface area contributed by atoms with Crippen LogP contribution in [-0.4, -0.2) is 15.6 Å². The second kappa shape index (κ2) is 3.84. The highest BCUT2D eigenvalue weighted by atomic mass is 15.1. The second-order valence-corrected chi connectivity index (χ2v) is 5.32. The minimum absolute atomic E-state index is 0.264. The predicted molar refractivity (Wildman–Crippen MR) is 69.7 cm³/mol. The molecule has 1 aromatic heterocycles.